The van der Waals surface area contributed by atoms with E-state index in [-0.39, 0.29) is 5.69 Å². The van der Waals surface area contributed by atoms with Crippen molar-refractivity contribution in [1.29, 1.82) is 0 Å². The predicted molar refractivity (Wildman–Crippen MR) is 100.0 cm³/mol. The van der Waals surface area contributed by atoms with Gasteiger partial charge in [-0.25, -0.2) is 4.79 Å². The Morgan fingerprint density at radius 1 is 1.04 bits per heavy atom. The molecule has 0 aliphatic carbocycles. The molecule has 136 valence electrons. The number of carboxylic acid groups (broad SMARTS) is 1. The molecule has 0 saturated carbocycles. The molecule has 0 saturated heterocycles. The molecule has 3 aromatic rings. The second-order valence-electron chi connectivity index (χ2n) is 6.03. The van der Waals surface area contributed by atoms with Gasteiger partial charge in [-0.15, -0.1) is 0 Å². The minimum absolute atomic E-state index is 0.287. The number of aryl methyl sites for hydroxylation is 1. The Morgan fingerprint density at radius 3 is 2.31 bits per heavy atom. The molecule has 0 bridgehead atoms. The largest absolute Gasteiger partial charge is 0.497 e. The Kier molecular flexibility index (Phi) is 5.14. The van der Waals surface area contributed by atoms with E-state index >= 15 is 0 Å². The van der Waals surface area contributed by atoms with Crippen molar-refractivity contribution in [3.05, 3.63) is 59.3 Å². The molecule has 6 heteroatoms. The number of carbonyl (C=O) groups is 1. The van der Waals surface area contributed by atoms with Gasteiger partial charge in [-0.05, 0) is 29.8 Å². The lowest BCUT2D eigenvalue weighted by Crippen LogP contribution is -2.16. The molecule has 1 heterocycles. The average molecular weight is 354 g/mol. The summed E-state index contributed by atoms with van der Waals surface area (Å²) in [5, 5.41) is 13.9. The molecular weight excluding hydrogens is 332 g/mol. The number of nitrogens with one attached hydrogen (secondary N) is 1. The molecule has 1 aromatic heterocycles. The Bertz CT molecular complexity index is 929. The molecular formula is C20H22N2O4. The first kappa shape index (κ1) is 17.8. The van der Waals surface area contributed by atoms with Gasteiger partial charge in [-0.2, -0.15) is 0 Å². The predicted octanol–water partition coefficient (Wildman–Crippen LogP) is 3.18. The van der Waals surface area contributed by atoms with Gasteiger partial charge in [0.05, 0.1) is 19.7 Å². The molecule has 0 atom stereocenters. The third kappa shape index (κ3) is 3.36. The van der Waals surface area contributed by atoms with Crippen LogP contribution >= 0.6 is 0 Å². The molecule has 0 aliphatic heterocycles. The van der Waals surface area contributed by atoms with Crippen LogP contribution in [0.2, 0.25) is 0 Å². The van der Waals surface area contributed by atoms with Crippen molar-refractivity contribution in [2.75, 3.05) is 14.2 Å². The molecule has 3 rings (SSSR count). The number of fused-ring (bicyclic) bond motifs is 1. The summed E-state index contributed by atoms with van der Waals surface area (Å²) in [4.78, 5) is 11.8. The Morgan fingerprint density at radius 2 is 1.69 bits per heavy atom. The molecule has 0 unspecified atom stereocenters. The maximum atomic E-state index is 11.8. The van der Waals surface area contributed by atoms with E-state index in [0.29, 0.717) is 18.8 Å². The van der Waals surface area contributed by atoms with E-state index in [4.69, 9.17) is 9.47 Å². The van der Waals surface area contributed by atoms with Crippen molar-refractivity contribution in [1.82, 2.24) is 9.88 Å². The summed E-state index contributed by atoms with van der Waals surface area (Å²) in [5.41, 5.74) is 2.99. The molecule has 0 fully saturated rings. The number of nitrogens with zero attached hydrogens (tertiary/aromatic N) is 1. The second kappa shape index (κ2) is 7.49. The maximum absolute atomic E-state index is 11.8. The number of aromatic carboxylic acids is 1. The SMILES string of the molecule is COc1ccc(CNCc2c(C(=O)O)n(C)c3cc(OC)ccc23)cc1. The number of ether oxygens (including phenoxy) is 2. The zero-order chi connectivity index (χ0) is 18.7. The lowest BCUT2D eigenvalue weighted by molar-refractivity contribution is 0.0685. The highest BCUT2D eigenvalue weighted by molar-refractivity contribution is 5.98. The van der Waals surface area contributed by atoms with Crippen molar-refractivity contribution in [3.63, 3.8) is 0 Å². The smallest absolute Gasteiger partial charge is 0.352 e. The van der Waals surface area contributed by atoms with Crippen LogP contribution in [0.4, 0.5) is 0 Å². The van der Waals surface area contributed by atoms with E-state index in [1.807, 2.05) is 42.5 Å². The van der Waals surface area contributed by atoms with Crippen LogP contribution in [-0.2, 0) is 20.1 Å². The molecule has 2 aromatic carbocycles. The van der Waals surface area contributed by atoms with E-state index < -0.39 is 5.97 Å². The lowest BCUT2D eigenvalue weighted by atomic mass is 10.1. The van der Waals surface area contributed by atoms with Crippen molar-refractivity contribution < 1.29 is 19.4 Å². The summed E-state index contributed by atoms with van der Waals surface area (Å²) in [6.07, 6.45) is 0. The summed E-state index contributed by atoms with van der Waals surface area (Å²) >= 11 is 0. The van der Waals surface area contributed by atoms with Crippen molar-refractivity contribution >= 4 is 16.9 Å². The number of methoxy groups -OCH3 is 2. The molecule has 0 amide bonds. The highest BCUT2D eigenvalue weighted by atomic mass is 16.5. The minimum Gasteiger partial charge on any atom is -0.497 e. The second-order valence-corrected chi connectivity index (χ2v) is 6.03. The fourth-order valence-electron chi connectivity index (χ4n) is 3.15. The first-order valence-corrected chi connectivity index (χ1v) is 8.27. The Labute approximate surface area is 152 Å². The van der Waals surface area contributed by atoms with Crippen LogP contribution in [0.5, 0.6) is 11.5 Å². The Hall–Kier alpha value is -2.99. The van der Waals surface area contributed by atoms with Crippen LogP contribution in [0, 0.1) is 0 Å². The highest BCUT2D eigenvalue weighted by Crippen LogP contribution is 2.29. The van der Waals surface area contributed by atoms with Gasteiger partial charge < -0.3 is 24.5 Å². The van der Waals surface area contributed by atoms with Gasteiger partial charge in [0.2, 0.25) is 0 Å². The van der Waals surface area contributed by atoms with Crippen molar-refractivity contribution in [3.8, 4) is 11.5 Å². The van der Waals surface area contributed by atoms with Gasteiger partial charge in [0.25, 0.3) is 0 Å². The maximum Gasteiger partial charge on any atom is 0.352 e. The van der Waals surface area contributed by atoms with Crippen molar-refractivity contribution in [2.24, 2.45) is 7.05 Å². The van der Waals surface area contributed by atoms with Gasteiger partial charge in [0.1, 0.15) is 17.2 Å². The quantitative estimate of drug-likeness (QED) is 0.682. The first-order valence-electron chi connectivity index (χ1n) is 8.27. The topological polar surface area (TPSA) is 72.7 Å². The standard InChI is InChI=1S/C20H22N2O4/c1-22-18-10-15(26-3)8-9-16(18)17(19(22)20(23)24)12-21-11-13-4-6-14(25-2)7-5-13/h4-10,21H,11-12H2,1-3H3,(H,23,24). The van der Waals surface area contributed by atoms with Gasteiger partial charge >= 0.3 is 5.97 Å². The number of benzene rings is 2. The zero-order valence-electron chi connectivity index (χ0n) is 15.1. The molecule has 2 N–H and O–H groups in total. The van der Waals surface area contributed by atoms with Gasteiger partial charge in [0.15, 0.2) is 0 Å². The lowest BCUT2D eigenvalue weighted by Gasteiger charge is -2.07. The highest BCUT2D eigenvalue weighted by Gasteiger charge is 2.20. The Balaban J connectivity index is 1.85. The van der Waals surface area contributed by atoms with E-state index in [1.54, 1.807) is 25.8 Å². The average Bonchev–Trinajstić information content (AvgIpc) is 2.94. The van der Waals surface area contributed by atoms with E-state index in [9.17, 15) is 9.90 Å². The van der Waals surface area contributed by atoms with Crippen LogP contribution in [0.25, 0.3) is 10.9 Å². The fourth-order valence-corrected chi connectivity index (χ4v) is 3.15. The van der Waals surface area contributed by atoms with Crippen LogP contribution in [-0.4, -0.2) is 29.9 Å². The normalized spacial score (nSPS) is 10.9. The summed E-state index contributed by atoms with van der Waals surface area (Å²) in [5.74, 6) is 0.571. The third-order valence-corrected chi connectivity index (χ3v) is 4.51. The third-order valence-electron chi connectivity index (χ3n) is 4.51. The van der Waals surface area contributed by atoms with Crippen LogP contribution in [0.15, 0.2) is 42.5 Å². The van der Waals surface area contributed by atoms with E-state index in [2.05, 4.69) is 5.32 Å². The van der Waals surface area contributed by atoms with E-state index in [1.165, 1.54) is 0 Å². The molecule has 0 spiro atoms. The van der Waals surface area contributed by atoms with Crippen LogP contribution in [0.1, 0.15) is 21.6 Å². The molecule has 6 nitrogen and oxygen atoms in total. The van der Waals surface area contributed by atoms with E-state index in [0.717, 1.165) is 27.8 Å². The van der Waals surface area contributed by atoms with Gasteiger partial charge in [0, 0.05) is 37.2 Å². The molecule has 26 heavy (non-hydrogen) atoms. The minimum atomic E-state index is -0.941. The van der Waals surface area contributed by atoms with Gasteiger partial charge in [-0.3, -0.25) is 0 Å². The summed E-state index contributed by atoms with van der Waals surface area (Å²) < 4.78 is 12.1. The number of rotatable bonds is 7. The summed E-state index contributed by atoms with van der Waals surface area (Å²) in [7, 11) is 4.99. The fraction of sp³-hybridized carbons (Fsp3) is 0.250. The summed E-state index contributed by atoms with van der Waals surface area (Å²) in [6, 6.07) is 13.4. The molecule has 0 radical (unpaired) electrons. The summed E-state index contributed by atoms with van der Waals surface area (Å²) in [6.45, 7) is 1.09. The first-order chi connectivity index (χ1) is 12.5. The molecule has 0 aliphatic rings. The van der Waals surface area contributed by atoms with Gasteiger partial charge in [-0.1, -0.05) is 12.1 Å². The zero-order valence-corrected chi connectivity index (χ0v) is 15.1. The number of hydrogen-bond donors (Lipinski definition) is 2. The number of aromatic nitrogens is 1. The monoisotopic (exact) mass is 354 g/mol. The number of hydrogen-bond acceptors (Lipinski definition) is 4. The number of carboxylic acids is 1. The van der Waals surface area contributed by atoms with Crippen LogP contribution < -0.4 is 14.8 Å². The van der Waals surface area contributed by atoms with Crippen LogP contribution in [0.3, 0.4) is 0 Å². The van der Waals surface area contributed by atoms with Crippen molar-refractivity contribution in [2.45, 2.75) is 13.1 Å².